The fraction of sp³-hybridized carbons (Fsp3) is 0.714. The number of nitrogen functional groups attached to an aromatic ring is 1. The molecular weight excluding hydrogens is 252 g/mol. The monoisotopic (exact) mass is 276 g/mol. The predicted molar refractivity (Wildman–Crippen MR) is 80.7 cm³/mol. The van der Waals surface area contributed by atoms with E-state index in [0.717, 1.165) is 25.1 Å². The number of hydrogen-bond acceptors (Lipinski definition) is 6. The average Bonchev–Trinajstić information content (AvgIpc) is 2.49. The highest BCUT2D eigenvalue weighted by Gasteiger charge is 2.27. The van der Waals surface area contributed by atoms with Crippen LogP contribution in [0.1, 0.15) is 12.8 Å². The van der Waals surface area contributed by atoms with Gasteiger partial charge in [-0.05, 0) is 19.9 Å². The standard InChI is InChI=1S/C14H24N6/c1-18-6-8-19(9-7-18)13-2-4-20(5-3-13)14-16-10-12(15)11-17-14/h10-11,13H,2-9,15H2,1H3. The Bertz CT molecular complexity index is 418. The molecule has 2 N–H and O–H groups in total. The first-order valence-corrected chi connectivity index (χ1v) is 7.47. The maximum atomic E-state index is 5.63. The van der Waals surface area contributed by atoms with Gasteiger partial charge in [-0.3, -0.25) is 4.90 Å². The number of piperidine rings is 1. The Balaban J connectivity index is 1.53. The Hall–Kier alpha value is -1.40. The van der Waals surface area contributed by atoms with Gasteiger partial charge >= 0.3 is 0 Å². The molecule has 6 heteroatoms. The highest BCUT2D eigenvalue weighted by Crippen LogP contribution is 2.20. The molecular formula is C14H24N6. The molecule has 1 aromatic heterocycles. The minimum Gasteiger partial charge on any atom is -0.396 e. The van der Waals surface area contributed by atoms with Crippen molar-refractivity contribution in [1.82, 2.24) is 19.8 Å². The van der Waals surface area contributed by atoms with Gasteiger partial charge in [0.15, 0.2) is 0 Å². The van der Waals surface area contributed by atoms with Crippen LogP contribution in [0.3, 0.4) is 0 Å². The van der Waals surface area contributed by atoms with Crippen molar-refractivity contribution in [2.75, 3.05) is 56.9 Å². The zero-order valence-corrected chi connectivity index (χ0v) is 12.2. The highest BCUT2D eigenvalue weighted by atomic mass is 15.3. The van der Waals surface area contributed by atoms with Crippen molar-refractivity contribution in [2.24, 2.45) is 0 Å². The van der Waals surface area contributed by atoms with Crippen molar-refractivity contribution >= 4 is 11.6 Å². The van der Waals surface area contributed by atoms with E-state index in [-0.39, 0.29) is 0 Å². The lowest BCUT2D eigenvalue weighted by molar-refractivity contribution is 0.0980. The van der Waals surface area contributed by atoms with Crippen LogP contribution in [0.25, 0.3) is 0 Å². The van der Waals surface area contributed by atoms with Crippen molar-refractivity contribution in [3.05, 3.63) is 12.4 Å². The fourth-order valence-corrected chi connectivity index (χ4v) is 3.11. The number of likely N-dealkylation sites (N-methyl/N-ethyl adjacent to an activating group) is 1. The first kappa shape index (κ1) is 13.6. The minimum absolute atomic E-state index is 0.626. The Kier molecular flexibility index (Phi) is 4.03. The van der Waals surface area contributed by atoms with Gasteiger partial charge in [-0.15, -0.1) is 0 Å². The number of nitrogens with zero attached hydrogens (tertiary/aromatic N) is 5. The second kappa shape index (κ2) is 5.93. The third kappa shape index (κ3) is 3.02. The van der Waals surface area contributed by atoms with Gasteiger partial charge in [0, 0.05) is 45.3 Å². The van der Waals surface area contributed by atoms with Crippen LogP contribution >= 0.6 is 0 Å². The van der Waals surface area contributed by atoms with Crippen molar-refractivity contribution in [1.29, 1.82) is 0 Å². The van der Waals surface area contributed by atoms with E-state index in [4.69, 9.17) is 5.73 Å². The molecule has 0 atom stereocenters. The summed E-state index contributed by atoms with van der Waals surface area (Å²) < 4.78 is 0. The van der Waals surface area contributed by atoms with Crippen LogP contribution in [-0.4, -0.2) is 72.1 Å². The van der Waals surface area contributed by atoms with Crippen LogP contribution in [0.15, 0.2) is 12.4 Å². The van der Waals surface area contributed by atoms with Crippen LogP contribution in [0.2, 0.25) is 0 Å². The van der Waals surface area contributed by atoms with E-state index in [0.29, 0.717) is 5.69 Å². The van der Waals surface area contributed by atoms with E-state index in [9.17, 15) is 0 Å². The molecule has 3 heterocycles. The first-order chi connectivity index (χ1) is 9.72. The van der Waals surface area contributed by atoms with Gasteiger partial charge in [-0.1, -0.05) is 0 Å². The molecule has 1 aromatic rings. The zero-order valence-electron chi connectivity index (χ0n) is 12.2. The van der Waals surface area contributed by atoms with E-state index in [1.54, 1.807) is 12.4 Å². The largest absolute Gasteiger partial charge is 0.396 e. The molecule has 0 radical (unpaired) electrons. The van der Waals surface area contributed by atoms with E-state index >= 15 is 0 Å². The lowest BCUT2D eigenvalue weighted by Crippen LogP contribution is -2.52. The molecule has 3 rings (SSSR count). The molecule has 0 bridgehead atoms. The molecule has 2 aliphatic heterocycles. The van der Waals surface area contributed by atoms with E-state index in [1.807, 2.05) is 0 Å². The smallest absolute Gasteiger partial charge is 0.225 e. The van der Waals surface area contributed by atoms with Crippen molar-refractivity contribution in [2.45, 2.75) is 18.9 Å². The quantitative estimate of drug-likeness (QED) is 0.837. The number of anilines is 2. The Morgan fingerprint density at radius 3 is 2.20 bits per heavy atom. The molecule has 2 aliphatic rings. The summed E-state index contributed by atoms with van der Waals surface area (Å²) in [6, 6.07) is 0.730. The van der Waals surface area contributed by atoms with Gasteiger partial charge < -0.3 is 15.5 Å². The summed E-state index contributed by atoms with van der Waals surface area (Å²) in [5.74, 6) is 0.816. The van der Waals surface area contributed by atoms with Crippen molar-refractivity contribution in [3.63, 3.8) is 0 Å². The Morgan fingerprint density at radius 1 is 1.00 bits per heavy atom. The van der Waals surface area contributed by atoms with Crippen molar-refractivity contribution in [3.8, 4) is 0 Å². The molecule has 2 fully saturated rings. The lowest BCUT2D eigenvalue weighted by atomic mass is 10.0. The number of hydrogen-bond donors (Lipinski definition) is 1. The molecule has 110 valence electrons. The molecule has 6 nitrogen and oxygen atoms in total. The summed E-state index contributed by atoms with van der Waals surface area (Å²) in [7, 11) is 2.21. The van der Waals surface area contributed by atoms with E-state index in [2.05, 4.69) is 31.7 Å². The van der Waals surface area contributed by atoms with Crippen LogP contribution in [0.4, 0.5) is 11.6 Å². The molecule has 0 amide bonds. The summed E-state index contributed by atoms with van der Waals surface area (Å²) in [5, 5.41) is 0. The Morgan fingerprint density at radius 2 is 1.60 bits per heavy atom. The molecule has 20 heavy (non-hydrogen) atoms. The second-order valence-corrected chi connectivity index (χ2v) is 5.87. The third-order valence-electron chi connectivity index (χ3n) is 4.46. The average molecular weight is 276 g/mol. The predicted octanol–water partition coefficient (Wildman–Crippen LogP) is 0.275. The molecule has 0 spiro atoms. The summed E-state index contributed by atoms with van der Waals surface area (Å²) in [6.07, 6.45) is 5.79. The maximum absolute atomic E-state index is 5.63. The molecule has 0 saturated carbocycles. The van der Waals surface area contributed by atoms with Gasteiger partial charge in [0.1, 0.15) is 0 Å². The van der Waals surface area contributed by atoms with Crippen LogP contribution in [-0.2, 0) is 0 Å². The normalized spacial score (nSPS) is 23.1. The first-order valence-electron chi connectivity index (χ1n) is 7.47. The van der Waals surface area contributed by atoms with Gasteiger partial charge in [-0.2, -0.15) is 0 Å². The number of piperazine rings is 1. The van der Waals surface area contributed by atoms with Crippen LogP contribution < -0.4 is 10.6 Å². The summed E-state index contributed by atoms with van der Waals surface area (Å²) in [4.78, 5) is 16.0. The minimum atomic E-state index is 0.626. The summed E-state index contributed by atoms with van der Waals surface area (Å²) in [5.41, 5.74) is 6.26. The molecule has 0 aromatic carbocycles. The lowest BCUT2D eigenvalue weighted by Gasteiger charge is -2.42. The molecule has 0 unspecified atom stereocenters. The highest BCUT2D eigenvalue weighted by molar-refractivity contribution is 5.38. The van der Waals surface area contributed by atoms with E-state index in [1.165, 1.54) is 39.0 Å². The summed E-state index contributed by atoms with van der Waals surface area (Å²) in [6.45, 7) is 6.89. The van der Waals surface area contributed by atoms with Gasteiger partial charge in [0.25, 0.3) is 0 Å². The van der Waals surface area contributed by atoms with Gasteiger partial charge in [-0.25, -0.2) is 9.97 Å². The van der Waals surface area contributed by atoms with Gasteiger partial charge in [0.2, 0.25) is 5.95 Å². The second-order valence-electron chi connectivity index (χ2n) is 5.87. The van der Waals surface area contributed by atoms with E-state index < -0.39 is 0 Å². The van der Waals surface area contributed by atoms with Crippen molar-refractivity contribution < 1.29 is 0 Å². The molecule has 0 aliphatic carbocycles. The SMILES string of the molecule is CN1CCN(C2CCN(c3ncc(N)cn3)CC2)CC1. The third-order valence-corrected chi connectivity index (χ3v) is 4.46. The zero-order chi connectivity index (χ0) is 13.9. The number of rotatable bonds is 2. The number of nitrogens with two attached hydrogens (primary N) is 1. The van der Waals surface area contributed by atoms with Gasteiger partial charge in [0.05, 0.1) is 18.1 Å². The van der Waals surface area contributed by atoms with Crippen LogP contribution in [0.5, 0.6) is 0 Å². The number of aromatic nitrogens is 2. The maximum Gasteiger partial charge on any atom is 0.225 e. The topological polar surface area (TPSA) is 61.5 Å². The fourth-order valence-electron chi connectivity index (χ4n) is 3.11. The Labute approximate surface area is 120 Å². The van der Waals surface area contributed by atoms with Crippen LogP contribution in [0, 0.1) is 0 Å². The molecule has 2 saturated heterocycles. The summed E-state index contributed by atoms with van der Waals surface area (Å²) >= 11 is 0.